The van der Waals surface area contributed by atoms with Crippen LogP contribution < -0.4 is 0 Å². The van der Waals surface area contributed by atoms with Crippen molar-refractivity contribution in [1.29, 1.82) is 0 Å². The minimum Gasteiger partial charge on any atom is -0.508 e. The molecule has 0 aliphatic rings. The molecule has 0 saturated heterocycles. The van der Waals surface area contributed by atoms with Crippen LogP contribution in [0.3, 0.4) is 0 Å². The molecule has 3 N–H and O–H groups in total. The zero-order valence-corrected chi connectivity index (χ0v) is 19.7. The Bertz CT molecular complexity index is 1030. The topological polar surface area (TPSA) is 103 Å². The summed E-state index contributed by atoms with van der Waals surface area (Å²) in [4.78, 5) is 6.29. The van der Waals surface area contributed by atoms with Gasteiger partial charge in [-0.05, 0) is 64.5 Å². The largest absolute Gasteiger partial charge is 0.508 e. The number of phenolic OH excluding ortho intramolecular Hbond substituents is 2. The van der Waals surface area contributed by atoms with Crippen LogP contribution in [-0.2, 0) is 22.7 Å². The number of phenols is 2. The van der Waals surface area contributed by atoms with Crippen LogP contribution in [0.25, 0.3) is 0 Å². The van der Waals surface area contributed by atoms with Gasteiger partial charge < -0.3 is 15.2 Å². The smallest absolute Gasteiger partial charge is 0.227 e. The Labute approximate surface area is 185 Å². The first-order valence-electron chi connectivity index (χ1n) is 10.8. The van der Waals surface area contributed by atoms with E-state index in [1.54, 1.807) is 0 Å². The fraction of sp³-hybridized carbons (Fsp3) is 0.458. The monoisotopic (exact) mass is 446 g/mol. The highest BCUT2D eigenvalue weighted by molar-refractivity contribution is 7.91. The average molecular weight is 447 g/mol. The fourth-order valence-electron chi connectivity index (χ4n) is 3.45. The van der Waals surface area contributed by atoms with E-state index in [0.717, 1.165) is 37.7 Å². The molecule has 0 spiro atoms. The van der Waals surface area contributed by atoms with Gasteiger partial charge in [0.15, 0.2) is 5.03 Å². The number of sulfone groups is 1. The lowest BCUT2D eigenvalue weighted by Gasteiger charge is -2.16. The number of imidazole rings is 1. The lowest BCUT2D eigenvalue weighted by molar-refractivity contribution is 0.427. The van der Waals surface area contributed by atoms with E-state index < -0.39 is 9.84 Å². The molecule has 2 rings (SSSR count). The van der Waals surface area contributed by atoms with E-state index in [2.05, 4.69) is 36.8 Å². The molecular weight excluding hydrogens is 412 g/mol. The fourth-order valence-corrected chi connectivity index (χ4v) is 4.96. The Hall–Kier alpha value is -2.54. The second-order valence-corrected chi connectivity index (χ2v) is 10.0. The lowest BCUT2D eigenvalue weighted by atomic mass is 10.00. The van der Waals surface area contributed by atoms with Crippen molar-refractivity contribution in [1.82, 2.24) is 9.97 Å². The first-order valence-corrected chi connectivity index (χ1v) is 12.3. The molecule has 0 saturated carbocycles. The van der Waals surface area contributed by atoms with Crippen molar-refractivity contribution in [3.63, 3.8) is 0 Å². The number of nitrogens with one attached hydrogen (secondary N) is 1. The highest BCUT2D eigenvalue weighted by Crippen LogP contribution is 2.40. The van der Waals surface area contributed by atoms with Crippen molar-refractivity contribution in [3.8, 4) is 11.5 Å². The van der Waals surface area contributed by atoms with Gasteiger partial charge in [-0.25, -0.2) is 13.4 Å². The van der Waals surface area contributed by atoms with Crippen LogP contribution in [-0.4, -0.2) is 28.6 Å². The number of aromatic nitrogens is 2. The number of hydrogen-bond donors (Lipinski definition) is 3. The molecule has 0 fully saturated rings. The Kier molecular flexibility index (Phi) is 8.92. The van der Waals surface area contributed by atoms with Crippen LogP contribution >= 0.6 is 0 Å². The molecule has 0 bridgehead atoms. The van der Waals surface area contributed by atoms with Crippen LogP contribution in [0.4, 0.5) is 0 Å². The number of aromatic hydroxyl groups is 2. The Morgan fingerprint density at radius 1 is 1.16 bits per heavy atom. The van der Waals surface area contributed by atoms with E-state index >= 15 is 0 Å². The van der Waals surface area contributed by atoms with Crippen LogP contribution in [0.5, 0.6) is 11.5 Å². The van der Waals surface area contributed by atoms with Crippen LogP contribution in [0, 0.1) is 0 Å². The zero-order valence-electron chi connectivity index (χ0n) is 18.9. The summed E-state index contributed by atoms with van der Waals surface area (Å²) in [5.41, 5.74) is 3.02. The first kappa shape index (κ1) is 24.7. The number of unbranched alkanes of at least 4 members (excludes halogenated alkanes) is 2. The second-order valence-electron chi connectivity index (χ2n) is 8.16. The molecule has 1 aromatic carbocycles. The Morgan fingerprint density at radius 3 is 2.52 bits per heavy atom. The van der Waals surface area contributed by atoms with Gasteiger partial charge in [-0.1, -0.05) is 43.1 Å². The van der Waals surface area contributed by atoms with Crippen LogP contribution in [0.15, 0.2) is 51.8 Å². The summed E-state index contributed by atoms with van der Waals surface area (Å²) in [5.74, 6) is -0.463. The van der Waals surface area contributed by atoms with Gasteiger partial charge in [0.25, 0.3) is 0 Å². The standard InChI is InChI=1S/C24H34N2O4S/c1-5-6-7-11-19-14-21(27)20(13-12-18(4)10-8-9-17(2)3)23(28)24(19)31(29,30)22-15-25-16-26-22/h9,12,14-16,27-28H,5-8,10-11,13H2,1-4H3,(H,25,26). The van der Waals surface area contributed by atoms with Crippen molar-refractivity contribution < 1.29 is 18.6 Å². The number of rotatable bonds is 11. The van der Waals surface area contributed by atoms with Gasteiger partial charge in [-0.2, -0.15) is 0 Å². The van der Waals surface area contributed by atoms with Gasteiger partial charge in [-0.15, -0.1) is 0 Å². The molecule has 7 heteroatoms. The summed E-state index contributed by atoms with van der Waals surface area (Å²) in [6.07, 6.45) is 11.8. The number of aryl methyl sites for hydroxylation is 1. The molecule has 1 heterocycles. The maximum absolute atomic E-state index is 13.2. The zero-order chi connectivity index (χ0) is 23.0. The maximum atomic E-state index is 13.2. The number of aromatic amines is 1. The molecular formula is C24H34N2O4S. The molecule has 1 aromatic heterocycles. The molecule has 0 aliphatic carbocycles. The molecule has 2 aromatic rings. The van der Waals surface area contributed by atoms with E-state index in [9.17, 15) is 18.6 Å². The van der Waals surface area contributed by atoms with Crippen molar-refractivity contribution in [3.05, 3.63) is 53.0 Å². The number of hydrogen-bond acceptors (Lipinski definition) is 5. The van der Waals surface area contributed by atoms with Crippen LogP contribution in [0.2, 0.25) is 0 Å². The minimum absolute atomic E-state index is 0.0790. The molecule has 0 unspecified atom stereocenters. The summed E-state index contributed by atoms with van der Waals surface area (Å²) in [6, 6.07) is 1.49. The minimum atomic E-state index is -4.00. The number of benzene rings is 1. The highest BCUT2D eigenvalue weighted by atomic mass is 32.2. The predicted octanol–water partition coefficient (Wildman–Crippen LogP) is 5.62. The van der Waals surface area contributed by atoms with Gasteiger partial charge >= 0.3 is 0 Å². The third kappa shape index (κ3) is 6.47. The summed E-state index contributed by atoms with van der Waals surface area (Å²) >= 11 is 0. The van der Waals surface area contributed by atoms with Crippen molar-refractivity contribution in [2.45, 2.75) is 82.6 Å². The Morgan fingerprint density at radius 2 is 1.90 bits per heavy atom. The van der Waals surface area contributed by atoms with E-state index in [1.165, 1.54) is 24.2 Å². The number of allylic oxidation sites excluding steroid dienone is 4. The van der Waals surface area contributed by atoms with Gasteiger partial charge in [0.1, 0.15) is 16.4 Å². The molecule has 6 nitrogen and oxygen atoms in total. The predicted molar refractivity (Wildman–Crippen MR) is 123 cm³/mol. The normalized spacial score (nSPS) is 12.2. The van der Waals surface area contributed by atoms with Gasteiger partial charge in [0.2, 0.25) is 9.84 Å². The molecule has 0 amide bonds. The van der Waals surface area contributed by atoms with E-state index in [-0.39, 0.29) is 33.4 Å². The Balaban J connectivity index is 2.46. The SMILES string of the molecule is CCCCCc1cc(O)c(CC=C(C)CCC=C(C)C)c(O)c1S(=O)(=O)c1cnc[nH]1. The third-order valence-electron chi connectivity index (χ3n) is 5.24. The van der Waals surface area contributed by atoms with E-state index in [4.69, 9.17) is 0 Å². The maximum Gasteiger partial charge on any atom is 0.227 e. The average Bonchev–Trinajstić information content (AvgIpc) is 3.23. The van der Waals surface area contributed by atoms with Gasteiger partial charge in [0, 0.05) is 5.56 Å². The van der Waals surface area contributed by atoms with Crippen molar-refractivity contribution in [2.24, 2.45) is 0 Å². The third-order valence-corrected chi connectivity index (χ3v) is 7.03. The summed E-state index contributed by atoms with van der Waals surface area (Å²) in [7, 11) is -4.00. The molecule has 31 heavy (non-hydrogen) atoms. The molecule has 0 radical (unpaired) electrons. The van der Waals surface area contributed by atoms with Gasteiger partial charge in [-0.3, -0.25) is 0 Å². The highest BCUT2D eigenvalue weighted by Gasteiger charge is 2.29. The van der Waals surface area contributed by atoms with E-state index in [0.29, 0.717) is 12.0 Å². The molecule has 0 atom stereocenters. The van der Waals surface area contributed by atoms with E-state index in [1.807, 2.05) is 13.0 Å². The lowest BCUT2D eigenvalue weighted by Crippen LogP contribution is -2.08. The second kappa shape index (κ2) is 11.2. The summed E-state index contributed by atoms with van der Waals surface area (Å²) in [5, 5.41) is 21.5. The summed E-state index contributed by atoms with van der Waals surface area (Å²) < 4.78 is 26.5. The first-order chi connectivity index (χ1) is 14.7. The molecule has 0 aliphatic heterocycles. The number of nitrogens with zero attached hydrogens (tertiary/aromatic N) is 1. The van der Waals surface area contributed by atoms with Gasteiger partial charge in [0.05, 0.1) is 12.5 Å². The van der Waals surface area contributed by atoms with Crippen molar-refractivity contribution in [2.75, 3.05) is 0 Å². The summed E-state index contributed by atoms with van der Waals surface area (Å²) in [6.45, 7) is 8.17. The quantitative estimate of drug-likeness (QED) is 0.307. The molecule has 170 valence electrons. The van der Waals surface area contributed by atoms with Crippen LogP contribution in [0.1, 0.15) is 70.9 Å². The number of H-pyrrole nitrogens is 1. The van der Waals surface area contributed by atoms with Crippen molar-refractivity contribution >= 4 is 9.84 Å².